The van der Waals surface area contributed by atoms with Crippen molar-refractivity contribution in [2.45, 2.75) is 92.2 Å². The number of nitrogens with one attached hydrogen (secondary N) is 1. The SMILES string of the molecule is CCC(C)OC(=O)OCCN[C@@H](Cc1ccc(OC(=O)CCC(C)C)c(OC(=O)CCC(C)C)c1)C(=O)OC. The Bertz CT molecular complexity index is 929. The Morgan fingerprint density at radius 2 is 1.46 bits per heavy atom. The minimum atomic E-state index is -0.775. The fraction of sp³-hybridized carbons (Fsp3) is 0.655. The number of ether oxygens (including phenoxy) is 5. The van der Waals surface area contributed by atoms with Crippen molar-refractivity contribution < 1.29 is 42.9 Å². The molecule has 0 aliphatic heterocycles. The Labute approximate surface area is 232 Å². The number of carbonyl (C=O) groups excluding carboxylic acids is 4. The van der Waals surface area contributed by atoms with E-state index in [1.165, 1.54) is 7.11 Å². The summed E-state index contributed by atoms with van der Waals surface area (Å²) >= 11 is 0. The molecule has 0 spiro atoms. The summed E-state index contributed by atoms with van der Waals surface area (Å²) in [6, 6.07) is 4.05. The molecule has 1 unspecified atom stereocenters. The molecule has 0 saturated heterocycles. The molecule has 0 heterocycles. The minimum Gasteiger partial charge on any atom is -0.468 e. The van der Waals surface area contributed by atoms with Crippen LogP contribution in [0.4, 0.5) is 4.79 Å². The lowest BCUT2D eigenvalue weighted by molar-refractivity contribution is -0.143. The summed E-state index contributed by atoms with van der Waals surface area (Å²) < 4.78 is 26.1. The van der Waals surface area contributed by atoms with Gasteiger partial charge in [-0.3, -0.25) is 14.4 Å². The van der Waals surface area contributed by atoms with E-state index in [-0.39, 0.29) is 50.0 Å². The van der Waals surface area contributed by atoms with Gasteiger partial charge in [-0.05, 0) is 62.1 Å². The summed E-state index contributed by atoms with van der Waals surface area (Å²) in [7, 11) is 1.28. The molecule has 0 aliphatic carbocycles. The van der Waals surface area contributed by atoms with Crippen LogP contribution >= 0.6 is 0 Å². The van der Waals surface area contributed by atoms with E-state index < -0.39 is 30.1 Å². The van der Waals surface area contributed by atoms with Gasteiger partial charge >= 0.3 is 24.1 Å². The van der Waals surface area contributed by atoms with Crippen LogP contribution in [-0.2, 0) is 35.0 Å². The van der Waals surface area contributed by atoms with E-state index in [9.17, 15) is 19.2 Å². The molecule has 1 rings (SSSR count). The summed E-state index contributed by atoms with van der Waals surface area (Å²) in [5, 5.41) is 3.01. The molecule has 0 aliphatic rings. The first-order valence-electron chi connectivity index (χ1n) is 13.6. The first-order valence-corrected chi connectivity index (χ1v) is 13.6. The van der Waals surface area contributed by atoms with E-state index in [1.54, 1.807) is 25.1 Å². The normalized spacial score (nSPS) is 12.5. The van der Waals surface area contributed by atoms with Crippen LogP contribution in [0.2, 0.25) is 0 Å². The molecule has 0 aromatic heterocycles. The van der Waals surface area contributed by atoms with Gasteiger partial charge in [0.25, 0.3) is 0 Å². The highest BCUT2D eigenvalue weighted by molar-refractivity contribution is 5.77. The third-order valence-electron chi connectivity index (χ3n) is 5.82. The predicted molar refractivity (Wildman–Crippen MR) is 146 cm³/mol. The van der Waals surface area contributed by atoms with Gasteiger partial charge in [-0.15, -0.1) is 0 Å². The maximum atomic E-state index is 12.5. The van der Waals surface area contributed by atoms with Crippen LogP contribution in [0.3, 0.4) is 0 Å². The Balaban J connectivity index is 2.96. The largest absolute Gasteiger partial charge is 0.508 e. The number of hydrogen-bond donors (Lipinski definition) is 1. The summed E-state index contributed by atoms with van der Waals surface area (Å²) in [5.41, 5.74) is 0.642. The van der Waals surface area contributed by atoms with Gasteiger partial charge in [0.15, 0.2) is 11.5 Å². The molecule has 1 aromatic carbocycles. The average molecular weight is 552 g/mol. The van der Waals surface area contributed by atoms with E-state index in [0.29, 0.717) is 36.7 Å². The summed E-state index contributed by atoms with van der Waals surface area (Å²) in [6.07, 6.45) is 1.61. The van der Waals surface area contributed by atoms with Gasteiger partial charge in [0, 0.05) is 19.4 Å². The highest BCUT2D eigenvalue weighted by atomic mass is 16.7. The minimum absolute atomic E-state index is 0.00720. The molecule has 0 fully saturated rings. The molecule has 0 amide bonds. The molecule has 10 nitrogen and oxygen atoms in total. The molecule has 10 heteroatoms. The second-order valence-electron chi connectivity index (χ2n) is 10.3. The van der Waals surface area contributed by atoms with E-state index in [4.69, 9.17) is 23.7 Å². The number of hydrogen-bond acceptors (Lipinski definition) is 10. The molecular weight excluding hydrogens is 506 g/mol. The van der Waals surface area contributed by atoms with Gasteiger partial charge in [-0.2, -0.15) is 0 Å². The maximum Gasteiger partial charge on any atom is 0.508 e. The number of methoxy groups -OCH3 is 1. The number of carbonyl (C=O) groups is 4. The quantitative estimate of drug-likeness (QED) is 0.161. The maximum absolute atomic E-state index is 12.5. The Hall–Kier alpha value is -3.14. The van der Waals surface area contributed by atoms with Crippen molar-refractivity contribution >= 4 is 24.1 Å². The average Bonchev–Trinajstić information content (AvgIpc) is 2.88. The standard InChI is InChI=1S/C29H45NO9/c1-8-21(6)37-29(34)36-16-15-30-23(28(33)35-7)17-22-11-12-24(38-26(31)13-9-19(2)3)25(18-22)39-27(32)14-10-20(4)5/h11-12,18-21,23,30H,8-10,13-17H2,1-7H3/t21?,23-/m0/s1. The van der Waals surface area contributed by atoms with E-state index in [1.807, 2.05) is 34.6 Å². The second-order valence-corrected chi connectivity index (χ2v) is 10.3. The third-order valence-corrected chi connectivity index (χ3v) is 5.82. The molecule has 2 atom stereocenters. The monoisotopic (exact) mass is 551 g/mol. The molecule has 0 radical (unpaired) electrons. The van der Waals surface area contributed by atoms with Gasteiger partial charge in [0.1, 0.15) is 18.8 Å². The van der Waals surface area contributed by atoms with Gasteiger partial charge in [0.2, 0.25) is 0 Å². The second kappa shape index (κ2) is 18.2. The molecule has 0 saturated carbocycles. The smallest absolute Gasteiger partial charge is 0.468 e. The van der Waals surface area contributed by atoms with Crippen molar-refractivity contribution in [2.24, 2.45) is 11.8 Å². The van der Waals surface area contributed by atoms with Crippen molar-refractivity contribution in [3.05, 3.63) is 23.8 Å². The van der Waals surface area contributed by atoms with Crippen LogP contribution in [-0.4, -0.2) is 56.5 Å². The fourth-order valence-corrected chi connectivity index (χ4v) is 3.27. The van der Waals surface area contributed by atoms with E-state index in [0.717, 1.165) is 0 Å². The van der Waals surface area contributed by atoms with Crippen molar-refractivity contribution in [3.63, 3.8) is 0 Å². The van der Waals surface area contributed by atoms with Crippen molar-refractivity contribution in [3.8, 4) is 11.5 Å². The van der Waals surface area contributed by atoms with Crippen molar-refractivity contribution in [1.82, 2.24) is 5.32 Å². The van der Waals surface area contributed by atoms with Gasteiger partial charge in [0.05, 0.1) is 7.11 Å². The predicted octanol–water partition coefficient (Wildman–Crippen LogP) is 5.00. The van der Waals surface area contributed by atoms with Crippen LogP contribution in [0.5, 0.6) is 11.5 Å². The summed E-state index contributed by atoms with van der Waals surface area (Å²) in [6.45, 7) is 11.9. The molecule has 0 bridgehead atoms. The zero-order valence-corrected chi connectivity index (χ0v) is 24.4. The lowest BCUT2D eigenvalue weighted by Crippen LogP contribution is -2.41. The highest BCUT2D eigenvalue weighted by Gasteiger charge is 2.22. The Morgan fingerprint density at radius 1 is 0.872 bits per heavy atom. The summed E-state index contributed by atoms with van der Waals surface area (Å²) in [4.78, 5) is 48.9. The summed E-state index contributed by atoms with van der Waals surface area (Å²) in [5.74, 6) is -0.463. The fourth-order valence-electron chi connectivity index (χ4n) is 3.27. The topological polar surface area (TPSA) is 126 Å². The lowest BCUT2D eigenvalue weighted by atomic mass is 10.0. The molecule has 1 aromatic rings. The van der Waals surface area contributed by atoms with Gasteiger partial charge in [-0.1, -0.05) is 40.7 Å². The Morgan fingerprint density at radius 3 is 2.00 bits per heavy atom. The molecule has 220 valence electrons. The number of rotatable bonds is 17. The van der Waals surface area contributed by atoms with Crippen molar-refractivity contribution in [2.75, 3.05) is 20.3 Å². The lowest BCUT2D eigenvalue weighted by Gasteiger charge is -2.18. The molecule has 1 N–H and O–H groups in total. The van der Waals surface area contributed by atoms with Crippen LogP contribution in [0, 0.1) is 11.8 Å². The third kappa shape index (κ3) is 14.6. The Kier molecular flexibility index (Phi) is 15.8. The molecular formula is C29H45NO9. The van der Waals surface area contributed by atoms with Gasteiger partial charge < -0.3 is 29.0 Å². The van der Waals surface area contributed by atoms with Crippen LogP contribution < -0.4 is 14.8 Å². The number of esters is 3. The first-order chi connectivity index (χ1) is 18.4. The molecule has 39 heavy (non-hydrogen) atoms. The van der Waals surface area contributed by atoms with E-state index in [2.05, 4.69) is 5.32 Å². The van der Waals surface area contributed by atoms with Crippen LogP contribution in [0.15, 0.2) is 18.2 Å². The highest BCUT2D eigenvalue weighted by Crippen LogP contribution is 2.30. The van der Waals surface area contributed by atoms with Crippen LogP contribution in [0.25, 0.3) is 0 Å². The first kappa shape index (κ1) is 33.9. The van der Waals surface area contributed by atoms with Gasteiger partial charge in [-0.25, -0.2) is 4.79 Å². The van der Waals surface area contributed by atoms with Crippen LogP contribution in [0.1, 0.15) is 79.2 Å². The van der Waals surface area contributed by atoms with E-state index >= 15 is 0 Å². The number of benzene rings is 1. The zero-order chi connectivity index (χ0) is 29.4. The zero-order valence-electron chi connectivity index (χ0n) is 24.4. The van der Waals surface area contributed by atoms with Crippen molar-refractivity contribution in [1.29, 1.82) is 0 Å².